The van der Waals surface area contributed by atoms with Gasteiger partial charge in [-0.25, -0.2) is 18.7 Å². The molecular weight excluding hydrogens is 431 g/mol. The van der Waals surface area contributed by atoms with Crippen LogP contribution in [0, 0.1) is 5.82 Å². The molecule has 0 aliphatic carbocycles. The number of ketones is 1. The number of carbonyl (C=O) groups excluding carboxylic acids is 2. The van der Waals surface area contributed by atoms with Gasteiger partial charge in [0.15, 0.2) is 5.65 Å². The van der Waals surface area contributed by atoms with Gasteiger partial charge in [0, 0.05) is 11.8 Å². The molecule has 4 rings (SSSR count). The molecule has 0 unspecified atom stereocenters. The molecule has 3 aromatic heterocycles. The van der Waals surface area contributed by atoms with E-state index in [1.54, 1.807) is 30.5 Å². The molecule has 1 N–H and O–H groups in total. The molecular formula is C20H14ClFN4O3S. The predicted octanol–water partition coefficient (Wildman–Crippen LogP) is 4.62. The number of rotatable bonds is 6. The highest BCUT2D eigenvalue weighted by molar-refractivity contribution is 7.12. The minimum Gasteiger partial charge on any atom is -0.448 e. The van der Waals surface area contributed by atoms with Crippen molar-refractivity contribution in [1.82, 2.24) is 14.6 Å². The molecule has 152 valence electrons. The van der Waals surface area contributed by atoms with E-state index in [0.29, 0.717) is 27.3 Å². The third-order valence-electron chi connectivity index (χ3n) is 4.20. The summed E-state index contributed by atoms with van der Waals surface area (Å²) in [6.45, 7) is 0.00794. The highest BCUT2D eigenvalue weighted by Gasteiger charge is 2.19. The van der Waals surface area contributed by atoms with Crippen molar-refractivity contribution in [2.45, 2.75) is 0 Å². The van der Waals surface area contributed by atoms with Crippen LogP contribution >= 0.6 is 22.9 Å². The quantitative estimate of drug-likeness (QED) is 0.346. The summed E-state index contributed by atoms with van der Waals surface area (Å²) in [4.78, 5) is 29.4. The molecule has 0 fully saturated rings. The van der Waals surface area contributed by atoms with Gasteiger partial charge >= 0.3 is 6.09 Å². The van der Waals surface area contributed by atoms with Crippen LogP contribution in [0.1, 0.15) is 15.2 Å². The lowest BCUT2D eigenvalue weighted by Gasteiger charge is -2.10. The van der Waals surface area contributed by atoms with Crippen LogP contribution in [0.3, 0.4) is 0 Å². The molecule has 0 saturated heterocycles. The van der Waals surface area contributed by atoms with Gasteiger partial charge in [0.1, 0.15) is 12.4 Å². The normalized spacial score (nSPS) is 10.9. The number of fused-ring (bicyclic) bond motifs is 1. The minimum absolute atomic E-state index is 0.00794. The summed E-state index contributed by atoms with van der Waals surface area (Å²) < 4.78 is 20.5. The molecule has 0 aliphatic heterocycles. The summed E-state index contributed by atoms with van der Waals surface area (Å²) in [6, 6.07) is 9.44. The van der Waals surface area contributed by atoms with Gasteiger partial charge in [-0.05, 0) is 35.7 Å². The Balaban J connectivity index is 1.71. The standard InChI is InChI=1S/C20H14ClFN4O3S/c21-6-8-29-20(28)25-15-10-12(3-4-14(15)22)16-5-7-23-19-13(11-24-26(16)19)18(27)17-2-1-9-30-17/h1-5,7,9-11H,6,8H2,(H,25,28). The fraction of sp³-hybridized carbons (Fsp3) is 0.100. The molecule has 1 aromatic carbocycles. The topological polar surface area (TPSA) is 85.6 Å². The average molecular weight is 445 g/mol. The van der Waals surface area contributed by atoms with Gasteiger partial charge in [0.25, 0.3) is 0 Å². The largest absolute Gasteiger partial charge is 0.448 e. The van der Waals surface area contributed by atoms with Crippen molar-refractivity contribution < 1.29 is 18.7 Å². The molecule has 1 amide bonds. The lowest BCUT2D eigenvalue weighted by Crippen LogP contribution is -2.15. The van der Waals surface area contributed by atoms with Crippen LogP contribution in [-0.4, -0.2) is 39.0 Å². The monoisotopic (exact) mass is 444 g/mol. The summed E-state index contributed by atoms with van der Waals surface area (Å²) in [6.07, 6.45) is 2.19. The molecule has 0 aliphatic rings. The number of alkyl halides is 1. The molecule has 0 spiro atoms. The predicted molar refractivity (Wildman–Crippen MR) is 112 cm³/mol. The first-order valence-corrected chi connectivity index (χ1v) is 10.2. The molecule has 4 aromatic rings. The Morgan fingerprint density at radius 2 is 2.13 bits per heavy atom. The van der Waals surface area contributed by atoms with E-state index >= 15 is 0 Å². The first-order chi connectivity index (χ1) is 14.6. The van der Waals surface area contributed by atoms with Crippen molar-refractivity contribution in [3.63, 3.8) is 0 Å². The highest BCUT2D eigenvalue weighted by atomic mass is 35.5. The number of carbonyl (C=O) groups is 2. The second-order valence-corrected chi connectivity index (χ2v) is 7.40. The second kappa shape index (κ2) is 8.60. The fourth-order valence-corrected chi connectivity index (χ4v) is 3.62. The number of anilines is 1. The summed E-state index contributed by atoms with van der Waals surface area (Å²) >= 11 is 6.82. The van der Waals surface area contributed by atoms with Crippen molar-refractivity contribution in [1.29, 1.82) is 0 Å². The number of thiophene rings is 1. The molecule has 0 saturated carbocycles. The summed E-state index contributed by atoms with van der Waals surface area (Å²) in [7, 11) is 0. The van der Waals surface area contributed by atoms with E-state index in [-0.39, 0.29) is 24.0 Å². The van der Waals surface area contributed by atoms with E-state index in [0.717, 1.165) is 0 Å². The van der Waals surface area contributed by atoms with Gasteiger partial charge in [-0.15, -0.1) is 22.9 Å². The number of nitrogens with zero attached hydrogens (tertiary/aromatic N) is 3. The van der Waals surface area contributed by atoms with Crippen molar-refractivity contribution >= 4 is 46.1 Å². The summed E-state index contributed by atoms with van der Waals surface area (Å²) in [5, 5.41) is 8.47. The van der Waals surface area contributed by atoms with Crippen LogP contribution < -0.4 is 5.32 Å². The first-order valence-electron chi connectivity index (χ1n) is 8.79. The minimum atomic E-state index is -0.811. The van der Waals surface area contributed by atoms with Crippen molar-refractivity contribution in [3.8, 4) is 11.3 Å². The maximum Gasteiger partial charge on any atom is 0.411 e. The number of halogens is 2. The molecule has 10 heteroatoms. The van der Waals surface area contributed by atoms with Gasteiger partial charge in [-0.2, -0.15) is 5.10 Å². The van der Waals surface area contributed by atoms with Gasteiger partial charge in [0.2, 0.25) is 5.78 Å². The Hall–Kier alpha value is -3.30. The lowest BCUT2D eigenvalue weighted by molar-refractivity contribution is 0.104. The smallest absolute Gasteiger partial charge is 0.411 e. The first kappa shape index (κ1) is 20.0. The van der Waals surface area contributed by atoms with E-state index in [1.807, 2.05) is 5.38 Å². The molecule has 7 nitrogen and oxygen atoms in total. The SMILES string of the molecule is O=C(Nc1cc(-c2ccnc3c(C(=O)c4cccs4)cnn23)ccc1F)OCCCl. The number of nitrogens with one attached hydrogen (secondary N) is 1. The van der Waals surface area contributed by atoms with E-state index in [9.17, 15) is 14.0 Å². The molecule has 3 heterocycles. The Morgan fingerprint density at radius 3 is 2.90 bits per heavy atom. The highest BCUT2D eigenvalue weighted by Crippen LogP contribution is 2.27. The molecule has 0 bridgehead atoms. The van der Waals surface area contributed by atoms with Crippen LogP contribution in [0.2, 0.25) is 0 Å². The van der Waals surface area contributed by atoms with Crippen molar-refractivity contribution in [2.75, 3.05) is 17.8 Å². The zero-order valence-electron chi connectivity index (χ0n) is 15.3. The van der Waals surface area contributed by atoms with E-state index in [4.69, 9.17) is 16.3 Å². The van der Waals surface area contributed by atoms with Crippen LogP contribution in [0.4, 0.5) is 14.9 Å². The lowest BCUT2D eigenvalue weighted by atomic mass is 10.1. The van der Waals surface area contributed by atoms with Gasteiger partial charge in [0.05, 0.1) is 33.9 Å². The van der Waals surface area contributed by atoms with Crippen molar-refractivity contribution in [2.24, 2.45) is 0 Å². The Bertz CT molecular complexity index is 1230. The summed E-state index contributed by atoms with van der Waals surface area (Å²) in [5.74, 6) is -0.661. The van der Waals surface area contributed by atoms with Crippen LogP contribution in [0.25, 0.3) is 16.9 Å². The Kier molecular flexibility index (Phi) is 5.73. The number of benzene rings is 1. The van der Waals surface area contributed by atoms with Crippen LogP contribution in [-0.2, 0) is 4.74 Å². The zero-order chi connectivity index (χ0) is 21.1. The molecule has 0 atom stereocenters. The third-order valence-corrected chi connectivity index (χ3v) is 5.22. The molecule has 30 heavy (non-hydrogen) atoms. The van der Waals surface area contributed by atoms with Gasteiger partial charge in [-0.1, -0.05) is 6.07 Å². The van der Waals surface area contributed by atoms with Gasteiger partial charge in [-0.3, -0.25) is 10.1 Å². The number of aromatic nitrogens is 3. The van der Waals surface area contributed by atoms with E-state index in [1.165, 1.54) is 34.2 Å². The van der Waals surface area contributed by atoms with Crippen LogP contribution in [0.15, 0.2) is 54.2 Å². The number of hydrogen-bond acceptors (Lipinski definition) is 6. The number of hydrogen-bond donors (Lipinski definition) is 1. The number of amides is 1. The molecule has 0 radical (unpaired) electrons. The average Bonchev–Trinajstić information content (AvgIpc) is 3.43. The zero-order valence-corrected chi connectivity index (χ0v) is 16.9. The van der Waals surface area contributed by atoms with E-state index in [2.05, 4.69) is 15.4 Å². The summed E-state index contributed by atoms with van der Waals surface area (Å²) in [5.41, 5.74) is 1.83. The maximum absolute atomic E-state index is 14.2. The fourth-order valence-electron chi connectivity index (χ4n) is 2.87. The second-order valence-electron chi connectivity index (χ2n) is 6.07. The third kappa shape index (κ3) is 3.89. The Morgan fingerprint density at radius 1 is 1.27 bits per heavy atom. The number of ether oxygens (including phenoxy) is 1. The van der Waals surface area contributed by atoms with Crippen molar-refractivity contribution in [3.05, 3.63) is 70.4 Å². The van der Waals surface area contributed by atoms with Crippen LogP contribution in [0.5, 0.6) is 0 Å². The van der Waals surface area contributed by atoms with E-state index < -0.39 is 11.9 Å². The Labute approximate surface area is 179 Å². The van der Waals surface area contributed by atoms with Gasteiger partial charge < -0.3 is 4.74 Å². The maximum atomic E-state index is 14.2.